The lowest BCUT2D eigenvalue weighted by Crippen LogP contribution is -2.02. The van der Waals surface area contributed by atoms with E-state index in [0.717, 1.165) is 15.8 Å². The first kappa shape index (κ1) is 15.4. The van der Waals surface area contributed by atoms with Gasteiger partial charge in [-0.2, -0.15) is 5.10 Å². The van der Waals surface area contributed by atoms with Crippen LogP contribution in [0.25, 0.3) is 10.2 Å². The fourth-order valence-corrected chi connectivity index (χ4v) is 3.40. The Balaban J connectivity index is 1.98. The molecule has 0 spiro atoms. The van der Waals surface area contributed by atoms with E-state index < -0.39 is 0 Å². The Bertz CT molecular complexity index is 914. The van der Waals surface area contributed by atoms with E-state index in [0.29, 0.717) is 17.1 Å². The molecular weight excluding hydrogens is 308 g/mol. The zero-order valence-electron chi connectivity index (χ0n) is 13.5. The number of rotatable bonds is 3. The summed E-state index contributed by atoms with van der Waals surface area (Å²) in [6.45, 7) is 7.97. The van der Waals surface area contributed by atoms with Gasteiger partial charge in [-0.1, -0.05) is 11.6 Å². The minimum atomic E-state index is 0.217. The van der Waals surface area contributed by atoms with Crippen molar-refractivity contribution in [1.29, 1.82) is 0 Å². The first-order valence-corrected chi connectivity index (χ1v) is 8.10. The molecule has 3 rings (SSSR count). The normalized spacial score (nSPS) is 11.9. The van der Waals surface area contributed by atoms with Gasteiger partial charge < -0.3 is 5.11 Å². The molecule has 0 bridgehead atoms. The third-order valence-electron chi connectivity index (χ3n) is 3.84. The van der Waals surface area contributed by atoms with Crippen LogP contribution in [0.4, 0.5) is 5.82 Å². The monoisotopic (exact) mass is 326 g/mol. The van der Waals surface area contributed by atoms with Gasteiger partial charge in [-0.3, -0.25) is 5.43 Å². The zero-order valence-corrected chi connectivity index (χ0v) is 14.3. The van der Waals surface area contributed by atoms with Crippen molar-refractivity contribution in [2.45, 2.75) is 27.7 Å². The van der Waals surface area contributed by atoms with Crippen molar-refractivity contribution in [3.8, 4) is 5.75 Å². The third kappa shape index (κ3) is 2.90. The van der Waals surface area contributed by atoms with E-state index in [1.807, 2.05) is 26.0 Å². The second-order valence-electron chi connectivity index (χ2n) is 5.52. The van der Waals surface area contributed by atoms with Crippen LogP contribution in [0.2, 0.25) is 0 Å². The van der Waals surface area contributed by atoms with Gasteiger partial charge in [0.1, 0.15) is 16.9 Å². The molecule has 6 heteroatoms. The van der Waals surface area contributed by atoms with Crippen LogP contribution >= 0.6 is 11.3 Å². The number of nitrogens with zero attached hydrogens (tertiary/aromatic N) is 3. The van der Waals surface area contributed by atoms with E-state index in [2.05, 4.69) is 34.3 Å². The smallest absolute Gasteiger partial charge is 0.158 e. The molecule has 23 heavy (non-hydrogen) atoms. The number of thiophene rings is 1. The van der Waals surface area contributed by atoms with E-state index >= 15 is 0 Å². The van der Waals surface area contributed by atoms with Crippen molar-refractivity contribution in [3.05, 3.63) is 46.1 Å². The van der Waals surface area contributed by atoms with Crippen molar-refractivity contribution in [2.24, 2.45) is 5.10 Å². The number of aromatic hydroxyl groups is 1. The van der Waals surface area contributed by atoms with Gasteiger partial charge in [-0.15, -0.1) is 11.3 Å². The lowest BCUT2D eigenvalue weighted by Gasteiger charge is -2.07. The van der Waals surface area contributed by atoms with Gasteiger partial charge >= 0.3 is 0 Å². The van der Waals surface area contributed by atoms with Gasteiger partial charge in [0.15, 0.2) is 5.82 Å². The highest BCUT2D eigenvalue weighted by atomic mass is 32.1. The number of fused-ring (bicyclic) bond motifs is 1. The molecule has 0 aliphatic carbocycles. The zero-order chi connectivity index (χ0) is 16.6. The molecule has 0 saturated heterocycles. The van der Waals surface area contributed by atoms with Crippen LogP contribution in [0.5, 0.6) is 5.75 Å². The average Bonchev–Trinajstić information content (AvgIpc) is 2.82. The van der Waals surface area contributed by atoms with Crippen molar-refractivity contribution >= 4 is 33.1 Å². The highest BCUT2D eigenvalue weighted by molar-refractivity contribution is 7.18. The molecule has 0 fully saturated rings. The number of phenolic OH excluding ortho intramolecular Hbond substituents is 1. The van der Waals surface area contributed by atoms with Gasteiger partial charge in [0.25, 0.3) is 0 Å². The van der Waals surface area contributed by atoms with E-state index in [9.17, 15) is 5.11 Å². The van der Waals surface area contributed by atoms with E-state index in [1.54, 1.807) is 17.4 Å². The molecule has 0 atom stereocenters. The summed E-state index contributed by atoms with van der Waals surface area (Å²) in [4.78, 5) is 10.8. The second kappa shape index (κ2) is 5.96. The van der Waals surface area contributed by atoms with Crippen LogP contribution < -0.4 is 5.43 Å². The summed E-state index contributed by atoms with van der Waals surface area (Å²) in [5, 5.41) is 15.4. The van der Waals surface area contributed by atoms with Crippen molar-refractivity contribution in [1.82, 2.24) is 9.97 Å². The number of hydrogen-bond acceptors (Lipinski definition) is 6. The van der Waals surface area contributed by atoms with Gasteiger partial charge in [0.05, 0.1) is 11.1 Å². The molecule has 118 valence electrons. The second-order valence-corrected chi connectivity index (χ2v) is 6.72. The van der Waals surface area contributed by atoms with Crippen LogP contribution in [-0.4, -0.2) is 20.8 Å². The van der Waals surface area contributed by atoms with Crippen LogP contribution in [0.3, 0.4) is 0 Å². The molecule has 0 radical (unpaired) electrons. The molecule has 1 aromatic carbocycles. The number of aryl methyl sites for hydroxylation is 3. The SMILES string of the molecule is C/C(=N\Nc1ncnc2sc(C)c(C)c12)c1cc(C)ccc1O. The Hall–Kier alpha value is -2.47. The van der Waals surface area contributed by atoms with Gasteiger partial charge in [0.2, 0.25) is 0 Å². The topological polar surface area (TPSA) is 70.4 Å². The summed E-state index contributed by atoms with van der Waals surface area (Å²) in [5.41, 5.74) is 6.66. The average molecular weight is 326 g/mol. The Kier molecular flexibility index (Phi) is 4.00. The van der Waals surface area contributed by atoms with Crippen molar-refractivity contribution in [3.63, 3.8) is 0 Å². The Labute approximate surface area is 138 Å². The number of phenols is 1. The number of aromatic nitrogens is 2. The quantitative estimate of drug-likeness (QED) is 0.560. The molecule has 0 saturated carbocycles. The minimum Gasteiger partial charge on any atom is -0.507 e. The largest absolute Gasteiger partial charge is 0.507 e. The third-order valence-corrected chi connectivity index (χ3v) is 4.95. The van der Waals surface area contributed by atoms with Gasteiger partial charge in [-0.25, -0.2) is 9.97 Å². The maximum Gasteiger partial charge on any atom is 0.158 e. The molecule has 3 aromatic rings. The summed E-state index contributed by atoms with van der Waals surface area (Å²) in [6, 6.07) is 5.45. The molecule has 5 nitrogen and oxygen atoms in total. The van der Waals surface area contributed by atoms with E-state index in [4.69, 9.17) is 0 Å². The highest BCUT2D eigenvalue weighted by Gasteiger charge is 2.12. The summed E-state index contributed by atoms with van der Waals surface area (Å²) in [6.07, 6.45) is 1.54. The first-order valence-electron chi connectivity index (χ1n) is 7.28. The number of hydrazone groups is 1. The Morgan fingerprint density at radius 1 is 1.22 bits per heavy atom. The summed E-state index contributed by atoms with van der Waals surface area (Å²) < 4.78 is 0. The number of hydrogen-bond donors (Lipinski definition) is 2. The number of anilines is 1. The van der Waals surface area contributed by atoms with Crippen LogP contribution in [-0.2, 0) is 0 Å². The van der Waals surface area contributed by atoms with Crippen LogP contribution in [0, 0.1) is 20.8 Å². The predicted octanol–water partition coefficient (Wildman–Crippen LogP) is 4.16. The van der Waals surface area contributed by atoms with Crippen LogP contribution in [0.1, 0.15) is 28.5 Å². The van der Waals surface area contributed by atoms with E-state index in [1.165, 1.54) is 16.8 Å². The van der Waals surface area contributed by atoms with Crippen molar-refractivity contribution < 1.29 is 5.11 Å². The van der Waals surface area contributed by atoms with E-state index in [-0.39, 0.29) is 5.75 Å². The first-order chi connectivity index (χ1) is 11.0. The standard InChI is InChI=1S/C17H18N4OS/c1-9-5-6-14(22)13(7-9)11(3)20-21-16-15-10(2)12(4)23-17(15)19-8-18-16/h5-8,22H,1-4H3,(H,18,19,21)/b20-11+. The van der Waals surface area contributed by atoms with Gasteiger partial charge in [0, 0.05) is 10.4 Å². The van der Waals surface area contributed by atoms with Gasteiger partial charge in [-0.05, 0) is 45.4 Å². The summed E-state index contributed by atoms with van der Waals surface area (Å²) in [5.74, 6) is 0.900. The number of nitrogens with one attached hydrogen (secondary N) is 1. The number of benzene rings is 1. The van der Waals surface area contributed by atoms with Crippen LogP contribution in [0.15, 0.2) is 29.6 Å². The molecule has 0 aliphatic heterocycles. The molecule has 2 aromatic heterocycles. The highest BCUT2D eigenvalue weighted by Crippen LogP contribution is 2.32. The lowest BCUT2D eigenvalue weighted by atomic mass is 10.1. The minimum absolute atomic E-state index is 0.217. The molecule has 0 aliphatic rings. The molecular formula is C17H18N4OS. The summed E-state index contributed by atoms with van der Waals surface area (Å²) >= 11 is 1.65. The molecule has 0 unspecified atom stereocenters. The summed E-state index contributed by atoms with van der Waals surface area (Å²) in [7, 11) is 0. The fraction of sp³-hybridized carbons (Fsp3) is 0.235. The Morgan fingerprint density at radius 2 is 2.00 bits per heavy atom. The maximum absolute atomic E-state index is 9.99. The molecule has 2 N–H and O–H groups in total. The van der Waals surface area contributed by atoms with Crippen molar-refractivity contribution in [2.75, 3.05) is 5.43 Å². The lowest BCUT2D eigenvalue weighted by molar-refractivity contribution is 0.474. The predicted molar refractivity (Wildman–Crippen MR) is 95.6 cm³/mol. The molecule has 2 heterocycles. The Morgan fingerprint density at radius 3 is 2.78 bits per heavy atom. The maximum atomic E-state index is 9.99. The molecule has 0 amide bonds. The fourth-order valence-electron chi connectivity index (χ4n) is 2.40.